The van der Waals surface area contributed by atoms with Gasteiger partial charge in [-0.1, -0.05) is 0 Å². The van der Waals surface area contributed by atoms with Crippen LogP contribution in [0.4, 0.5) is 0 Å². The molecule has 1 N–H and O–H groups in total. The number of rotatable bonds is 0. The molecule has 0 unspecified atom stereocenters. The van der Waals surface area contributed by atoms with Crippen LogP contribution in [-0.4, -0.2) is 22.7 Å². The van der Waals surface area contributed by atoms with Crippen molar-refractivity contribution in [1.29, 1.82) is 0 Å². The van der Waals surface area contributed by atoms with Crippen LogP contribution in [0.15, 0.2) is 36.5 Å². The summed E-state index contributed by atoms with van der Waals surface area (Å²) < 4.78 is 11.0. The fraction of sp³-hybridized carbons (Fsp3) is 0.0588. The van der Waals surface area contributed by atoms with Crippen molar-refractivity contribution in [3.8, 4) is 28.4 Å². The van der Waals surface area contributed by atoms with E-state index in [9.17, 15) is 9.90 Å². The Labute approximate surface area is 124 Å². The molecule has 2 aliphatic rings. The summed E-state index contributed by atoms with van der Waals surface area (Å²) >= 11 is 0. The van der Waals surface area contributed by atoms with Gasteiger partial charge in [0.2, 0.25) is 12.6 Å². The standard InChI is InChI=1S/C17H9NO4/c19-8-1-2-9-11-6-13-17(22-7-21-13)10-3-4-18-15(14(10)11)16(20)12(9)5-8/h1-6,19H,7H2. The van der Waals surface area contributed by atoms with Crippen molar-refractivity contribution in [2.75, 3.05) is 6.79 Å². The SMILES string of the molecule is O=C1c2cc(O)ccc2-c2cc3c(c4ccnc1c24)OCO3. The first-order valence-corrected chi connectivity index (χ1v) is 6.83. The molecule has 3 aromatic rings. The van der Waals surface area contributed by atoms with E-state index in [1.54, 1.807) is 18.3 Å². The van der Waals surface area contributed by atoms with Gasteiger partial charge in [-0.2, -0.15) is 0 Å². The molecule has 0 saturated carbocycles. The summed E-state index contributed by atoms with van der Waals surface area (Å²) in [5, 5.41) is 11.3. The molecular formula is C17H9NO4. The van der Waals surface area contributed by atoms with E-state index in [0.29, 0.717) is 22.8 Å². The summed E-state index contributed by atoms with van der Waals surface area (Å²) in [4.78, 5) is 16.9. The van der Waals surface area contributed by atoms with Crippen molar-refractivity contribution in [3.05, 3.63) is 47.8 Å². The zero-order valence-corrected chi connectivity index (χ0v) is 11.3. The molecule has 1 aromatic heterocycles. The molecule has 0 atom stereocenters. The largest absolute Gasteiger partial charge is 0.508 e. The van der Waals surface area contributed by atoms with Gasteiger partial charge in [0.15, 0.2) is 11.5 Å². The van der Waals surface area contributed by atoms with E-state index < -0.39 is 0 Å². The van der Waals surface area contributed by atoms with Gasteiger partial charge < -0.3 is 14.6 Å². The first-order chi connectivity index (χ1) is 10.7. The van der Waals surface area contributed by atoms with Crippen molar-refractivity contribution < 1.29 is 19.4 Å². The van der Waals surface area contributed by atoms with E-state index >= 15 is 0 Å². The number of fused-ring (bicyclic) bond motifs is 4. The molecule has 5 nitrogen and oxygen atoms in total. The Kier molecular flexibility index (Phi) is 1.98. The topological polar surface area (TPSA) is 68.7 Å². The number of ether oxygens (including phenoxy) is 2. The highest BCUT2D eigenvalue weighted by Crippen LogP contribution is 2.48. The highest BCUT2D eigenvalue weighted by atomic mass is 16.7. The molecule has 5 rings (SSSR count). The molecule has 0 amide bonds. The van der Waals surface area contributed by atoms with Crippen LogP contribution >= 0.6 is 0 Å². The van der Waals surface area contributed by atoms with Crippen LogP contribution in [0.3, 0.4) is 0 Å². The molecule has 1 aliphatic carbocycles. The van der Waals surface area contributed by atoms with E-state index in [0.717, 1.165) is 21.9 Å². The fourth-order valence-corrected chi connectivity index (χ4v) is 3.20. The molecule has 106 valence electrons. The Morgan fingerprint density at radius 1 is 1.05 bits per heavy atom. The third kappa shape index (κ3) is 1.28. The number of aromatic hydroxyl groups is 1. The second-order valence-electron chi connectivity index (χ2n) is 5.30. The summed E-state index contributed by atoms with van der Waals surface area (Å²) in [6.45, 7) is 0.169. The normalized spacial score (nSPS) is 14.3. The van der Waals surface area contributed by atoms with Crippen LogP contribution in [0.2, 0.25) is 0 Å². The molecule has 1 aliphatic heterocycles. The van der Waals surface area contributed by atoms with Crippen LogP contribution in [0.5, 0.6) is 17.2 Å². The highest BCUT2D eigenvalue weighted by Gasteiger charge is 2.30. The first kappa shape index (κ1) is 11.6. The summed E-state index contributed by atoms with van der Waals surface area (Å²) in [6.07, 6.45) is 1.59. The van der Waals surface area contributed by atoms with Gasteiger partial charge in [-0.15, -0.1) is 0 Å². The minimum atomic E-state index is -0.192. The number of pyridine rings is 1. The van der Waals surface area contributed by atoms with Crippen LogP contribution < -0.4 is 9.47 Å². The second kappa shape index (κ2) is 3.76. The quantitative estimate of drug-likeness (QED) is 0.539. The maximum atomic E-state index is 12.7. The molecule has 2 heterocycles. The lowest BCUT2D eigenvalue weighted by atomic mass is 9.85. The number of aromatic nitrogens is 1. The average Bonchev–Trinajstić information content (AvgIpc) is 3.00. The van der Waals surface area contributed by atoms with E-state index in [1.165, 1.54) is 6.07 Å². The lowest BCUT2D eigenvalue weighted by molar-refractivity contribution is 0.103. The maximum absolute atomic E-state index is 12.7. The van der Waals surface area contributed by atoms with Gasteiger partial charge in [0.1, 0.15) is 11.4 Å². The van der Waals surface area contributed by atoms with Crippen molar-refractivity contribution in [1.82, 2.24) is 4.98 Å². The Balaban J connectivity index is 2.01. The smallest absolute Gasteiger partial charge is 0.231 e. The average molecular weight is 291 g/mol. The summed E-state index contributed by atoms with van der Waals surface area (Å²) in [5.74, 6) is 1.18. The third-order valence-corrected chi connectivity index (χ3v) is 4.13. The highest BCUT2D eigenvalue weighted by molar-refractivity contribution is 6.25. The van der Waals surface area contributed by atoms with Gasteiger partial charge in [-0.3, -0.25) is 9.78 Å². The van der Waals surface area contributed by atoms with Crippen LogP contribution in [0, 0.1) is 0 Å². The number of hydrogen-bond donors (Lipinski definition) is 1. The molecule has 0 radical (unpaired) electrons. The molecule has 5 heteroatoms. The Morgan fingerprint density at radius 2 is 1.95 bits per heavy atom. The zero-order chi connectivity index (χ0) is 14.8. The van der Waals surface area contributed by atoms with Crippen molar-refractivity contribution in [3.63, 3.8) is 0 Å². The number of hydrogen-bond acceptors (Lipinski definition) is 5. The van der Waals surface area contributed by atoms with Crippen molar-refractivity contribution in [2.24, 2.45) is 0 Å². The van der Waals surface area contributed by atoms with Gasteiger partial charge in [-0.05, 0) is 41.5 Å². The molecule has 22 heavy (non-hydrogen) atoms. The Bertz CT molecular complexity index is 994. The summed E-state index contributed by atoms with van der Waals surface area (Å²) in [7, 11) is 0. The molecule has 0 spiro atoms. The molecule has 0 bridgehead atoms. The number of carbonyl (C=O) groups excluding carboxylic acids is 1. The molecular weight excluding hydrogens is 282 g/mol. The molecule has 0 fully saturated rings. The minimum absolute atomic E-state index is 0.0588. The number of benzene rings is 2. The van der Waals surface area contributed by atoms with Crippen molar-refractivity contribution in [2.45, 2.75) is 0 Å². The third-order valence-electron chi connectivity index (χ3n) is 4.13. The number of phenolic OH excluding ortho intramolecular Hbond substituents is 1. The van der Waals surface area contributed by atoms with Gasteiger partial charge in [0.05, 0.1) is 0 Å². The van der Waals surface area contributed by atoms with Crippen LogP contribution in [-0.2, 0) is 0 Å². The lowest BCUT2D eigenvalue weighted by Gasteiger charge is -2.19. The number of nitrogens with zero attached hydrogens (tertiary/aromatic N) is 1. The van der Waals surface area contributed by atoms with Gasteiger partial charge in [0.25, 0.3) is 0 Å². The van der Waals surface area contributed by atoms with E-state index in [4.69, 9.17) is 9.47 Å². The Hall–Kier alpha value is -3.08. The minimum Gasteiger partial charge on any atom is -0.508 e. The van der Waals surface area contributed by atoms with E-state index in [1.807, 2.05) is 12.1 Å². The summed E-state index contributed by atoms with van der Waals surface area (Å²) in [5.41, 5.74) is 2.47. The van der Waals surface area contributed by atoms with E-state index in [-0.39, 0.29) is 18.3 Å². The number of phenols is 1. The molecule has 2 aromatic carbocycles. The summed E-state index contributed by atoms with van der Waals surface area (Å²) in [6, 6.07) is 8.50. The first-order valence-electron chi connectivity index (χ1n) is 6.83. The van der Waals surface area contributed by atoms with Crippen molar-refractivity contribution >= 4 is 16.6 Å². The number of carbonyl (C=O) groups is 1. The predicted molar refractivity (Wildman–Crippen MR) is 78.4 cm³/mol. The van der Waals surface area contributed by atoms with Crippen LogP contribution in [0.1, 0.15) is 16.1 Å². The number of ketones is 1. The van der Waals surface area contributed by atoms with E-state index in [2.05, 4.69) is 4.98 Å². The zero-order valence-electron chi connectivity index (χ0n) is 11.3. The van der Waals surface area contributed by atoms with Gasteiger partial charge in [0, 0.05) is 22.5 Å². The maximum Gasteiger partial charge on any atom is 0.231 e. The predicted octanol–water partition coefficient (Wildman–Crippen LogP) is 2.88. The Morgan fingerprint density at radius 3 is 2.86 bits per heavy atom. The second-order valence-corrected chi connectivity index (χ2v) is 5.30. The fourth-order valence-electron chi connectivity index (χ4n) is 3.20. The molecule has 0 saturated heterocycles. The monoisotopic (exact) mass is 291 g/mol. The van der Waals surface area contributed by atoms with Gasteiger partial charge >= 0.3 is 0 Å². The lowest BCUT2D eigenvalue weighted by Crippen LogP contribution is -2.11. The van der Waals surface area contributed by atoms with Crippen LogP contribution in [0.25, 0.3) is 21.9 Å². The van der Waals surface area contributed by atoms with Gasteiger partial charge in [-0.25, -0.2) is 0 Å².